The van der Waals surface area contributed by atoms with Gasteiger partial charge >= 0.3 is 0 Å². The minimum absolute atomic E-state index is 0.108. The monoisotopic (exact) mass is 525 g/mol. The van der Waals surface area contributed by atoms with Crippen molar-refractivity contribution < 1.29 is 14.2 Å². The van der Waals surface area contributed by atoms with Crippen molar-refractivity contribution in [1.82, 2.24) is 15.2 Å². The molecule has 0 radical (unpaired) electrons. The third kappa shape index (κ3) is 4.46. The number of rotatable bonds is 6. The Morgan fingerprint density at radius 3 is 2.42 bits per heavy atom. The SMILES string of the molecule is Oc1cc(F)cc(-c2cccc3[nH]c(-c4n[nH]c5ccc(-c6cccc(OCc7ccccc7)c6)cc45)cc23)c1. The van der Waals surface area contributed by atoms with Crippen LogP contribution in [0.4, 0.5) is 4.39 Å². The topological polar surface area (TPSA) is 73.9 Å². The van der Waals surface area contributed by atoms with E-state index in [4.69, 9.17) is 4.74 Å². The van der Waals surface area contributed by atoms with Crippen LogP contribution < -0.4 is 4.74 Å². The van der Waals surface area contributed by atoms with Gasteiger partial charge in [0.1, 0.15) is 29.6 Å². The summed E-state index contributed by atoms with van der Waals surface area (Å²) in [4.78, 5) is 3.47. The molecule has 0 unspecified atom stereocenters. The van der Waals surface area contributed by atoms with Crippen molar-refractivity contribution in [2.45, 2.75) is 6.61 Å². The van der Waals surface area contributed by atoms with E-state index in [1.165, 1.54) is 6.07 Å². The first kappa shape index (κ1) is 23.7. The lowest BCUT2D eigenvalue weighted by atomic mass is 10.0. The molecular formula is C34H24FN3O2. The largest absolute Gasteiger partial charge is 0.508 e. The second kappa shape index (κ2) is 9.75. The van der Waals surface area contributed by atoms with Crippen molar-refractivity contribution in [1.29, 1.82) is 0 Å². The smallest absolute Gasteiger partial charge is 0.127 e. The van der Waals surface area contributed by atoms with E-state index in [2.05, 4.69) is 33.4 Å². The number of hydrogen-bond donors (Lipinski definition) is 3. The van der Waals surface area contributed by atoms with E-state index in [-0.39, 0.29) is 5.75 Å². The van der Waals surface area contributed by atoms with Gasteiger partial charge in [0.05, 0.1) is 11.2 Å². The lowest BCUT2D eigenvalue weighted by molar-refractivity contribution is 0.306. The molecule has 2 aromatic heterocycles. The van der Waals surface area contributed by atoms with Crippen LogP contribution in [0.2, 0.25) is 0 Å². The van der Waals surface area contributed by atoms with E-state index in [0.717, 1.165) is 67.3 Å². The molecule has 7 aromatic rings. The Morgan fingerprint density at radius 2 is 1.55 bits per heavy atom. The Kier molecular flexibility index (Phi) is 5.78. The Bertz CT molecular complexity index is 1970. The van der Waals surface area contributed by atoms with Gasteiger partial charge in [-0.15, -0.1) is 0 Å². The quantitative estimate of drug-likeness (QED) is 0.204. The highest BCUT2D eigenvalue weighted by Crippen LogP contribution is 2.36. The number of aromatic hydroxyl groups is 1. The fourth-order valence-electron chi connectivity index (χ4n) is 5.17. The molecule has 0 bridgehead atoms. The summed E-state index contributed by atoms with van der Waals surface area (Å²) < 4.78 is 20.1. The Hall–Kier alpha value is -5.36. The second-order valence-electron chi connectivity index (χ2n) is 9.78. The molecule has 40 heavy (non-hydrogen) atoms. The van der Waals surface area contributed by atoms with Crippen molar-refractivity contribution in [2.75, 3.05) is 0 Å². The summed E-state index contributed by atoms with van der Waals surface area (Å²) in [6, 6.07) is 36.3. The molecule has 0 amide bonds. The summed E-state index contributed by atoms with van der Waals surface area (Å²) in [5.41, 5.74) is 8.09. The number of fused-ring (bicyclic) bond motifs is 2. The maximum absolute atomic E-state index is 14.1. The van der Waals surface area contributed by atoms with Gasteiger partial charge in [-0.05, 0) is 76.3 Å². The maximum atomic E-state index is 14.1. The van der Waals surface area contributed by atoms with Crippen LogP contribution in [0, 0.1) is 5.82 Å². The minimum Gasteiger partial charge on any atom is -0.508 e. The molecule has 6 heteroatoms. The molecule has 194 valence electrons. The number of benzene rings is 5. The van der Waals surface area contributed by atoms with Gasteiger partial charge < -0.3 is 14.8 Å². The van der Waals surface area contributed by atoms with Gasteiger partial charge in [0.2, 0.25) is 0 Å². The highest BCUT2D eigenvalue weighted by molar-refractivity contribution is 6.02. The van der Waals surface area contributed by atoms with Gasteiger partial charge in [-0.1, -0.05) is 60.7 Å². The van der Waals surface area contributed by atoms with E-state index in [1.807, 2.05) is 78.9 Å². The predicted octanol–water partition coefficient (Wildman–Crippen LogP) is 8.47. The van der Waals surface area contributed by atoms with Crippen LogP contribution in [-0.4, -0.2) is 20.3 Å². The molecule has 0 aliphatic heterocycles. The van der Waals surface area contributed by atoms with Gasteiger partial charge in [-0.25, -0.2) is 4.39 Å². The van der Waals surface area contributed by atoms with Crippen molar-refractivity contribution in [3.63, 3.8) is 0 Å². The number of ether oxygens (including phenoxy) is 1. The first-order chi connectivity index (χ1) is 19.6. The average Bonchev–Trinajstić information content (AvgIpc) is 3.60. The Labute approximate surface area is 229 Å². The van der Waals surface area contributed by atoms with E-state index in [1.54, 1.807) is 6.07 Å². The number of halogens is 1. The molecule has 7 rings (SSSR count). The number of phenolic OH excluding ortho intramolecular Hbond substituents is 1. The Morgan fingerprint density at radius 1 is 0.700 bits per heavy atom. The number of hydrogen-bond acceptors (Lipinski definition) is 3. The summed E-state index contributed by atoms with van der Waals surface area (Å²) in [5, 5.41) is 19.6. The Balaban J connectivity index is 1.25. The zero-order chi connectivity index (χ0) is 27.1. The van der Waals surface area contributed by atoms with Crippen LogP contribution in [0.25, 0.3) is 55.4 Å². The van der Waals surface area contributed by atoms with Gasteiger partial charge in [0.15, 0.2) is 0 Å². The van der Waals surface area contributed by atoms with Crippen molar-refractivity contribution in [2.24, 2.45) is 0 Å². The van der Waals surface area contributed by atoms with Crippen LogP contribution in [0.3, 0.4) is 0 Å². The standard InChI is InChI=1S/C34H24FN3O2/c35-25-14-24(15-26(39)18-25)28-10-5-11-31-29(28)19-33(36-31)34-30-17-23(12-13-32(30)37-38-34)22-8-4-9-27(16-22)40-20-21-6-2-1-3-7-21/h1-19,36,39H,20H2,(H,37,38). The normalized spacial score (nSPS) is 11.3. The van der Waals surface area contributed by atoms with E-state index in [0.29, 0.717) is 12.2 Å². The highest BCUT2D eigenvalue weighted by Gasteiger charge is 2.15. The van der Waals surface area contributed by atoms with Gasteiger partial charge in [-0.2, -0.15) is 5.10 Å². The van der Waals surface area contributed by atoms with E-state index < -0.39 is 5.82 Å². The first-order valence-corrected chi connectivity index (χ1v) is 13.0. The average molecular weight is 526 g/mol. The van der Waals surface area contributed by atoms with E-state index >= 15 is 0 Å². The fourth-order valence-corrected chi connectivity index (χ4v) is 5.17. The summed E-state index contributed by atoms with van der Waals surface area (Å²) in [6.45, 7) is 0.507. The van der Waals surface area contributed by atoms with Gasteiger partial charge in [-0.3, -0.25) is 5.10 Å². The third-order valence-electron chi connectivity index (χ3n) is 7.09. The highest BCUT2D eigenvalue weighted by atomic mass is 19.1. The second-order valence-corrected chi connectivity index (χ2v) is 9.78. The lowest BCUT2D eigenvalue weighted by Gasteiger charge is -2.09. The predicted molar refractivity (Wildman–Crippen MR) is 157 cm³/mol. The number of aromatic amines is 2. The van der Waals surface area contributed by atoms with Gasteiger partial charge in [0, 0.05) is 22.4 Å². The summed E-state index contributed by atoms with van der Waals surface area (Å²) >= 11 is 0. The molecule has 0 aliphatic carbocycles. The van der Waals surface area contributed by atoms with Crippen molar-refractivity contribution in [3.8, 4) is 45.1 Å². The number of nitrogens with one attached hydrogen (secondary N) is 2. The molecule has 0 atom stereocenters. The summed E-state index contributed by atoms with van der Waals surface area (Å²) in [5.74, 6) is 0.214. The van der Waals surface area contributed by atoms with Gasteiger partial charge in [0.25, 0.3) is 0 Å². The summed E-state index contributed by atoms with van der Waals surface area (Å²) in [7, 11) is 0. The molecule has 5 aromatic carbocycles. The minimum atomic E-state index is -0.483. The zero-order valence-electron chi connectivity index (χ0n) is 21.4. The lowest BCUT2D eigenvalue weighted by Crippen LogP contribution is -1.95. The molecule has 0 saturated heterocycles. The van der Waals surface area contributed by atoms with Crippen LogP contribution in [0.15, 0.2) is 115 Å². The van der Waals surface area contributed by atoms with E-state index in [9.17, 15) is 9.50 Å². The molecule has 2 heterocycles. The van der Waals surface area contributed by atoms with Crippen LogP contribution in [0.5, 0.6) is 11.5 Å². The van der Waals surface area contributed by atoms with Crippen LogP contribution >= 0.6 is 0 Å². The third-order valence-corrected chi connectivity index (χ3v) is 7.09. The zero-order valence-corrected chi connectivity index (χ0v) is 21.4. The molecule has 0 saturated carbocycles. The molecular weight excluding hydrogens is 501 g/mol. The van der Waals surface area contributed by atoms with Crippen molar-refractivity contribution >= 4 is 21.8 Å². The number of nitrogens with zero attached hydrogens (tertiary/aromatic N) is 1. The molecule has 0 aliphatic rings. The van der Waals surface area contributed by atoms with Crippen LogP contribution in [0.1, 0.15) is 5.56 Å². The molecule has 5 nitrogen and oxygen atoms in total. The molecule has 0 spiro atoms. The van der Waals surface area contributed by atoms with Crippen molar-refractivity contribution in [3.05, 3.63) is 127 Å². The number of phenols is 1. The fraction of sp³-hybridized carbons (Fsp3) is 0.0294. The summed E-state index contributed by atoms with van der Waals surface area (Å²) in [6.07, 6.45) is 0. The van der Waals surface area contributed by atoms with Crippen LogP contribution in [-0.2, 0) is 6.61 Å². The molecule has 3 N–H and O–H groups in total. The first-order valence-electron chi connectivity index (χ1n) is 13.0. The number of aromatic nitrogens is 3. The molecule has 0 fully saturated rings. The number of H-pyrrole nitrogens is 2. The maximum Gasteiger partial charge on any atom is 0.127 e.